The van der Waals surface area contributed by atoms with Gasteiger partial charge in [0.25, 0.3) is 0 Å². The summed E-state index contributed by atoms with van der Waals surface area (Å²) in [6.45, 7) is 5.46. The van der Waals surface area contributed by atoms with Gasteiger partial charge in [0.15, 0.2) is 0 Å². The number of amides is 1. The Hall–Kier alpha value is -2.33. The largest absolute Gasteiger partial charge is 0.444 e. The molecule has 0 aliphatic carbocycles. The van der Waals surface area contributed by atoms with Crippen LogP contribution in [-0.2, 0) is 17.6 Å². The first-order chi connectivity index (χ1) is 11.8. The van der Waals surface area contributed by atoms with Crippen LogP contribution in [0.1, 0.15) is 31.9 Å². The molecular weight excluding hydrogens is 314 g/mol. The average Bonchev–Trinajstić information content (AvgIpc) is 2.54. The molecule has 0 spiro atoms. The molecule has 0 saturated heterocycles. The van der Waals surface area contributed by atoms with Crippen molar-refractivity contribution in [2.45, 2.75) is 51.4 Å². The molecule has 0 aliphatic heterocycles. The molecule has 0 saturated carbocycles. The van der Waals surface area contributed by atoms with Crippen LogP contribution in [0.2, 0.25) is 0 Å². The second-order valence-electron chi connectivity index (χ2n) is 7.20. The van der Waals surface area contributed by atoms with Gasteiger partial charge in [-0.2, -0.15) is 0 Å². The predicted octanol–water partition coefficient (Wildman–Crippen LogP) is 3.73. The smallest absolute Gasteiger partial charge is 0.407 e. The number of aliphatic hydroxyl groups excluding tert-OH is 1. The normalized spacial score (nSPS) is 13.8. The molecule has 134 valence electrons. The Morgan fingerprint density at radius 3 is 1.92 bits per heavy atom. The van der Waals surface area contributed by atoms with Crippen LogP contribution >= 0.6 is 0 Å². The van der Waals surface area contributed by atoms with Crippen molar-refractivity contribution < 1.29 is 14.6 Å². The van der Waals surface area contributed by atoms with Gasteiger partial charge in [0.2, 0.25) is 0 Å². The van der Waals surface area contributed by atoms with Crippen LogP contribution in [0, 0.1) is 0 Å². The van der Waals surface area contributed by atoms with Crippen molar-refractivity contribution in [1.82, 2.24) is 5.32 Å². The summed E-state index contributed by atoms with van der Waals surface area (Å²) in [4.78, 5) is 12.2. The lowest BCUT2D eigenvalue weighted by Gasteiger charge is -2.27. The number of nitrogens with one attached hydrogen (secondary N) is 1. The lowest BCUT2D eigenvalue weighted by atomic mass is 9.96. The first kappa shape index (κ1) is 19.0. The van der Waals surface area contributed by atoms with E-state index in [1.807, 2.05) is 81.4 Å². The minimum absolute atomic E-state index is 0.433. The van der Waals surface area contributed by atoms with E-state index in [2.05, 4.69) is 5.32 Å². The van der Waals surface area contributed by atoms with Crippen molar-refractivity contribution in [2.24, 2.45) is 0 Å². The molecule has 2 atom stereocenters. The molecule has 4 nitrogen and oxygen atoms in total. The van der Waals surface area contributed by atoms with Crippen molar-refractivity contribution in [2.75, 3.05) is 0 Å². The van der Waals surface area contributed by atoms with Crippen LogP contribution in [0.4, 0.5) is 4.79 Å². The summed E-state index contributed by atoms with van der Waals surface area (Å²) in [5, 5.41) is 13.5. The zero-order valence-electron chi connectivity index (χ0n) is 15.1. The van der Waals surface area contributed by atoms with Gasteiger partial charge in [-0.05, 0) is 38.3 Å². The second-order valence-corrected chi connectivity index (χ2v) is 7.20. The maximum Gasteiger partial charge on any atom is 0.407 e. The van der Waals surface area contributed by atoms with Gasteiger partial charge in [0.1, 0.15) is 5.60 Å². The summed E-state index contributed by atoms with van der Waals surface area (Å²) in [6, 6.07) is 19.1. The van der Waals surface area contributed by atoms with E-state index in [1.54, 1.807) is 0 Å². The van der Waals surface area contributed by atoms with E-state index in [1.165, 1.54) is 0 Å². The molecule has 2 aromatic carbocycles. The Morgan fingerprint density at radius 2 is 1.44 bits per heavy atom. The molecule has 0 bridgehead atoms. The fourth-order valence-electron chi connectivity index (χ4n) is 2.61. The highest BCUT2D eigenvalue weighted by Gasteiger charge is 2.25. The Balaban J connectivity index is 2.09. The summed E-state index contributed by atoms with van der Waals surface area (Å²) in [5.74, 6) is 0. The summed E-state index contributed by atoms with van der Waals surface area (Å²) >= 11 is 0. The van der Waals surface area contributed by atoms with Gasteiger partial charge in [-0.1, -0.05) is 60.7 Å². The topological polar surface area (TPSA) is 58.6 Å². The number of alkyl carbamates (subject to hydrolysis) is 1. The summed E-state index contributed by atoms with van der Waals surface area (Å²) in [6.07, 6.45) is -0.224. The molecule has 0 fully saturated rings. The van der Waals surface area contributed by atoms with Crippen LogP contribution in [-0.4, -0.2) is 28.9 Å². The molecule has 2 aromatic rings. The number of carbonyl (C=O) groups is 1. The second kappa shape index (κ2) is 8.67. The van der Waals surface area contributed by atoms with Crippen molar-refractivity contribution in [3.63, 3.8) is 0 Å². The zero-order chi connectivity index (χ0) is 18.3. The van der Waals surface area contributed by atoms with E-state index < -0.39 is 23.8 Å². The van der Waals surface area contributed by atoms with Gasteiger partial charge < -0.3 is 15.2 Å². The van der Waals surface area contributed by atoms with Crippen LogP contribution in [0.15, 0.2) is 60.7 Å². The van der Waals surface area contributed by atoms with Crippen LogP contribution < -0.4 is 5.32 Å². The number of carbonyl (C=O) groups excluding carboxylic acids is 1. The molecule has 0 radical (unpaired) electrons. The molecule has 0 unspecified atom stereocenters. The lowest BCUT2D eigenvalue weighted by molar-refractivity contribution is 0.0422. The average molecular weight is 341 g/mol. The Morgan fingerprint density at radius 1 is 0.960 bits per heavy atom. The maximum absolute atomic E-state index is 12.2. The minimum atomic E-state index is -0.713. The molecule has 0 aromatic heterocycles. The highest BCUT2D eigenvalue weighted by atomic mass is 16.6. The molecule has 2 rings (SSSR count). The van der Waals surface area contributed by atoms with Crippen molar-refractivity contribution in [3.8, 4) is 0 Å². The van der Waals surface area contributed by atoms with Crippen LogP contribution in [0.3, 0.4) is 0 Å². The molecule has 0 heterocycles. The number of rotatable bonds is 6. The number of hydrogen-bond acceptors (Lipinski definition) is 3. The SMILES string of the molecule is CC(C)(C)OC(=O)N[C@@H](Cc1ccccc1)[C@@H](O)Cc1ccccc1. The first-order valence-electron chi connectivity index (χ1n) is 8.59. The molecule has 4 heteroatoms. The number of aliphatic hydroxyl groups is 1. The van der Waals surface area contributed by atoms with E-state index in [4.69, 9.17) is 4.74 Å². The first-order valence-corrected chi connectivity index (χ1v) is 8.59. The van der Waals surface area contributed by atoms with Crippen LogP contribution in [0.5, 0.6) is 0 Å². The van der Waals surface area contributed by atoms with Gasteiger partial charge in [-0.15, -0.1) is 0 Å². The highest BCUT2D eigenvalue weighted by Crippen LogP contribution is 2.13. The van der Waals surface area contributed by atoms with E-state index in [0.717, 1.165) is 11.1 Å². The summed E-state index contributed by atoms with van der Waals surface area (Å²) in [5.41, 5.74) is 1.50. The molecule has 0 aliphatic rings. The number of ether oxygens (including phenoxy) is 1. The number of benzene rings is 2. The van der Waals surface area contributed by atoms with Gasteiger partial charge >= 0.3 is 6.09 Å². The van der Waals surface area contributed by atoms with Crippen molar-refractivity contribution >= 4 is 6.09 Å². The third-order valence-electron chi connectivity index (χ3n) is 3.75. The minimum Gasteiger partial charge on any atom is -0.444 e. The van der Waals surface area contributed by atoms with Gasteiger partial charge in [-0.3, -0.25) is 0 Å². The highest BCUT2D eigenvalue weighted by molar-refractivity contribution is 5.68. The summed E-state index contributed by atoms with van der Waals surface area (Å²) in [7, 11) is 0. The molecule has 1 amide bonds. The van der Waals surface area contributed by atoms with Crippen molar-refractivity contribution in [3.05, 3.63) is 71.8 Å². The van der Waals surface area contributed by atoms with Gasteiger partial charge in [0.05, 0.1) is 12.1 Å². The van der Waals surface area contributed by atoms with Gasteiger partial charge in [-0.25, -0.2) is 4.79 Å². The fourth-order valence-corrected chi connectivity index (χ4v) is 2.61. The Bertz CT molecular complexity index is 650. The Kier molecular flexibility index (Phi) is 6.59. The van der Waals surface area contributed by atoms with Gasteiger partial charge in [0, 0.05) is 6.42 Å². The Labute approximate surface area is 149 Å². The van der Waals surface area contributed by atoms with E-state index >= 15 is 0 Å². The van der Waals surface area contributed by atoms with Crippen LogP contribution in [0.25, 0.3) is 0 Å². The van der Waals surface area contributed by atoms with E-state index in [-0.39, 0.29) is 0 Å². The van der Waals surface area contributed by atoms with E-state index in [9.17, 15) is 9.90 Å². The summed E-state index contributed by atoms with van der Waals surface area (Å²) < 4.78 is 5.35. The van der Waals surface area contributed by atoms with E-state index in [0.29, 0.717) is 12.8 Å². The molecule has 2 N–H and O–H groups in total. The maximum atomic E-state index is 12.2. The molecule has 25 heavy (non-hydrogen) atoms. The number of hydrogen-bond donors (Lipinski definition) is 2. The third kappa shape index (κ3) is 6.98. The third-order valence-corrected chi connectivity index (χ3v) is 3.75. The standard InChI is InChI=1S/C21H27NO3/c1-21(2,3)25-20(24)22-18(14-16-10-6-4-7-11-16)19(23)15-17-12-8-5-9-13-17/h4-13,18-19,23H,14-15H2,1-3H3,(H,22,24)/t18-,19-/m0/s1. The molecular formula is C21H27NO3. The quantitative estimate of drug-likeness (QED) is 0.842. The lowest BCUT2D eigenvalue weighted by Crippen LogP contribution is -2.47. The predicted molar refractivity (Wildman–Crippen MR) is 99.5 cm³/mol. The fraction of sp³-hybridized carbons (Fsp3) is 0.381. The monoisotopic (exact) mass is 341 g/mol. The van der Waals surface area contributed by atoms with Crippen molar-refractivity contribution in [1.29, 1.82) is 0 Å². The zero-order valence-corrected chi connectivity index (χ0v) is 15.1.